The van der Waals surface area contributed by atoms with Crippen LogP contribution in [0.1, 0.15) is 10.5 Å². The first-order valence-electron chi connectivity index (χ1n) is 4.52. The van der Waals surface area contributed by atoms with E-state index in [2.05, 4.69) is 15.6 Å². The van der Waals surface area contributed by atoms with E-state index in [1.807, 2.05) is 0 Å². The highest BCUT2D eigenvalue weighted by Crippen LogP contribution is 1.92. The molecule has 0 atom stereocenters. The zero-order valence-electron chi connectivity index (χ0n) is 8.71. The summed E-state index contributed by atoms with van der Waals surface area (Å²) in [6.45, 7) is 0.439. The molecule has 0 aliphatic heterocycles. The molecule has 8 nitrogen and oxygen atoms in total. The van der Waals surface area contributed by atoms with Crippen LogP contribution in [0.25, 0.3) is 0 Å². The number of amides is 1. The lowest BCUT2D eigenvalue weighted by atomic mass is 10.4. The lowest BCUT2D eigenvalue weighted by Crippen LogP contribution is -2.27. The maximum absolute atomic E-state index is 11.4. The van der Waals surface area contributed by atoms with Crippen LogP contribution in [-0.2, 0) is 16.1 Å². The molecule has 0 spiro atoms. The Hall–Kier alpha value is -1.96. The molecule has 16 heavy (non-hydrogen) atoms. The van der Waals surface area contributed by atoms with Gasteiger partial charge in [0, 0.05) is 13.7 Å². The second kappa shape index (κ2) is 5.81. The van der Waals surface area contributed by atoms with Gasteiger partial charge < -0.3 is 15.2 Å². The van der Waals surface area contributed by atoms with Crippen molar-refractivity contribution in [2.75, 3.05) is 20.3 Å². The van der Waals surface area contributed by atoms with Crippen molar-refractivity contribution in [3.05, 3.63) is 11.9 Å². The molecule has 0 aliphatic rings. The molecule has 1 aromatic heterocycles. The number of carboxylic acid groups (broad SMARTS) is 1. The standard InChI is InChI=1S/C8H12N4O4/c1-16-3-2-9-8(15)6-4-12(11-10-6)5-7(13)14/h4H,2-3,5H2,1H3,(H,9,15)(H,13,14). The third-order valence-electron chi connectivity index (χ3n) is 1.66. The highest BCUT2D eigenvalue weighted by molar-refractivity contribution is 5.91. The van der Waals surface area contributed by atoms with E-state index < -0.39 is 11.9 Å². The number of hydrogen-bond acceptors (Lipinski definition) is 5. The van der Waals surface area contributed by atoms with Crippen LogP contribution in [0.2, 0.25) is 0 Å². The van der Waals surface area contributed by atoms with E-state index in [4.69, 9.17) is 9.84 Å². The third kappa shape index (κ3) is 3.65. The summed E-state index contributed by atoms with van der Waals surface area (Å²) in [5, 5.41) is 18.1. The van der Waals surface area contributed by atoms with Crippen LogP contribution in [0.15, 0.2) is 6.20 Å². The number of nitrogens with zero attached hydrogens (tertiary/aromatic N) is 3. The monoisotopic (exact) mass is 228 g/mol. The van der Waals surface area contributed by atoms with Gasteiger partial charge in [-0.15, -0.1) is 5.10 Å². The fourth-order valence-electron chi connectivity index (χ4n) is 0.975. The Labute approximate surface area is 91.2 Å². The second-order valence-corrected chi connectivity index (χ2v) is 2.94. The summed E-state index contributed by atoms with van der Waals surface area (Å²) in [5.74, 6) is -1.45. The van der Waals surface area contributed by atoms with Gasteiger partial charge in [0.05, 0.1) is 12.8 Å². The molecule has 1 rings (SSSR count). The number of nitrogens with one attached hydrogen (secondary N) is 1. The number of ether oxygens (including phenoxy) is 1. The van der Waals surface area contributed by atoms with E-state index >= 15 is 0 Å². The molecule has 0 bridgehead atoms. The first-order valence-corrected chi connectivity index (χ1v) is 4.52. The molecule has 2 N–H and O–H groups in total. The molecule has 0 aromatic carbocycles. The van der Waals surface area contributed by atoms with Gasteiger partial charge in [0.15, 0.2) is 5.69 Å². The van der Waals surface area contributed by atoms with Gasteiger partial charge >= 0.3 is 5.97 Å². The van der Waals surface area contributed by atoms with Crippen molar-refractivity contribution in [3.63, 3.8) is 0 Å². The predicted octanol–water partition coefficient (Wildman–Crippen LogP) is -1.26. The lowest BCUT2D eigenvalue weighted by Gasteiger charge is -2.00. The van der Waals surface area contributed by atoms with E-state index in [9.17, 15) is 9.59 Å². The molecule has 8 heteroatoms. The maximum atomic E-state index is 11.4. The van der Waals surface area contributed by atoms with Gasteiger partial charge in [-0.2, -0.15) is 0 Å². The van der Waals surface area contributed by atoms with Gasteiger partial charge in [-0.1, -0.05) is 5.21 Å². The molecule has 0 saturated heterocycles. The Bertz CT molecular complexity index is 376. The van der Waals surface area contributed by atoms with Crippen molar-refractivity contribution in [2.24, 2.45) is 0 Å². The van der Waals surface area contributed by atoms with E-state index in [1.165, 1.54) is 13.3 Å². The molecule has 1 aromatic rings. The predicted molar refractivity (Wildman–Crippen MR) is 51.9 cm³/mol. The van der Waals surface area contributed by atoms with Crippen molar-refractivity contribution in [1.82, 2.24) is 20.3 Å². The summed E-state index contributed by atoms with van der Waals surface area (Å²) in [4.78, 5) is 21.7. The molecule has 1 amide bonds. The van der Waals surface area contributed by atoms with E-state index in [1.54, 1.807) is 0 Å². The fourth-order valence-corrected chi connectivity index (χ4v) is 0.975. The molecule has 0 fully saturated rings. The van der Waals surface area contributed by atoms with Crippen molar-refractivity contribution >= 4 is 11.9 Å². The Kier molecular flexibility index (Phi) is 4.40. The smallest absolute Gasteiger partial charge is 0.325 e. The second-order valence-electron chi connectivity index (χ2n) is 2.94. The number of methoxy groups -OCH3 is 1. The van der Waals surface area contributed by atoms with Gasteiger partial charge in [0.25, 0.3) is 5.91 Å². The Morgan fingerprint density at radius 2 is 2.38 bits per heavy atom. The van der Waals surface area contributed by atoms with E-state index in [-0.39, 0.29) is 12.2 Å². The average Bonchev–Trinajstić information content (AvgIpc) is 2.65. The SMILES string of the molecule is COCCNC(=O)c1cn(CC(=O)O)nn1. The summed E-state index contributed by atoms with van der Waals surface area (Å²) >= 11 is 0. The van der Waals surface area contributed by atoms with Crippen molar-refractivity contribution in [1.29, 1.82) is 0 Å². The van der Waals surface area contributed by atoms with Crippen LogP contribution in [0.4, 0.5) is 0 Å². The highest BCUT2D eigenvalue weighted by atomic mass is 16.5. The van der Waals surface area contributed by atoms with Crippen LogP contribution in [0, 0.1) is 0 Å². The summed E-state index contributed by atoms with van der Waals surface area (Å²) in [7, 11) is 1.52. The van der Waals surface area contributed by atoms with Gasteiger partial charge in [0.2, 0.25) is 0 Å². The van der Waals surface area contributed by atoms with E-state index in [0.717, 1.165) is 4.68 Å². The lowest BCUT2D eigenvalue weighted by molar-refractivity contribution is -0.137. The minimum absolute atomic E-state index is 0.0809. The first kappa shape index (κ1) is 12.1. The molecule has 88 valence electrons. The molecule has 0 aliphatic carbocycles. The van der Waals surface area contributed by atoms with Crippen LogP contribution >= 0.6 is 0 Å². The molecule has 0 unspecified atom stereocenters. The molecule has 1 heterocycles. The summed E-state index contributed by atoms with van der Waals surface area (Å²) in [5.41, 5.74) is 0.0809. The minimum Gasteiger partial charge on any atom is -0.480 e. The number of carbonyl (C=O) groups excluding carboxylic acids is 1. The number of hydrogen-bond donors (Lipinski definition) is 2. The van der Waals surface area contributed by atoms with Crippen LogP contribution in [-0.4, -0.2) is 52.2 Å². The van der Waals surface area contributed by atoms with Crippen molar-refractivity contribution < 1.29 is 19.4 Å². The molecular formula is C8H12N4O4. The highest BCUT2D eigenvalue weighted by Gasteiger charge is 2.10. The first-order chi connectivity index (χ1) is 7.63. The third-order valence-corrected chi connectivity index (χ3v) is 1.66. The van der Waals surface area contributed by atoms with Gasteiger partial charge in [-0.25, -0.2) is 4.68 Å². The van der Waals surface area contributed by atoms with Gasteiger partial charge in [-0.05, 0) is 0 Å². The van der Waals surface area contributed by atoms with E-state index in [0.29, 0.717) is 13.2 Å². The average molecular weight is 228 g/mol. The largest absolute Gasteiger partial charge is 0.480 e. The number of aromatic nitrogens is 3. The quantitative estimate of drug-likeness (QED) is 0.588. The summed E-state index contributed by atoms with van der Waals surface area (Å²) < 4.78 is 5.83. The van der Waals surface area contributed by atoms with Gasteiger partial charge in [0.1, 0.15) is 6.54 Å². The van der Waals surface area contributed by atoms with Crippen LogP contribution in [0.5, 0.6) is 0 Å². The maximum Gasteiger partial charge on any atom is 0.325 e. The number of aliphatic carboxylic acids is 1. The van der Waals surface area contributed by atoms with Crippen molar-refractivity contribution in [2.45, 2.75) is 6.54 Å². The van der Waals surface area contributed by atoms with Crippen molar-refractivity contribution in [3.8, 4) is 0 Å². The Balaban J connectivity index is 2.49. The molecule has 0 saturated carbocycles. The minimum atomic E-state index is -1.05. The summed E-state index contributed by atoms with van der Waals surface area (Å²) in [6, 6.07) is 0. The Morgan fingerprint density at radius 3 is 3.00 bits per heavy atom. The number of carboxylic acids is 1. The zero-order valence-corrected chi connectivity index (χ0v) is 8.71. The van der Waals surface area contributed by atoms with Crippen LogP contribution < -0.4 is 5.32 Å². The molecule has 0 radical (unpaired) electrons. The van der Waals surface area contributed by atoms with Crippen LogP contribution in [0.3, 0.4) is 0 Å². The normalized spacial score (nSPS) is 10.1. The Morgan fingerprint density at radius 1 is 1.62 bits per heavy atom. The number of rotatable bonds is 6. The topological polar surface area (TPSA) is 106 Å². The zero-order chi connectivity index (χ0) is 12.0. The number of carbonyl (C=O) groups is 2. The van der Waals surface area contributed by atoms with Gasteiger partial charge in [-0.3, -0.25) is 9.59 Å². The fraction of sp³-hybridized carbons (Fsp3) is 0.500. The summed E-state index contributed by atoms with van der Waals surface area (Å²) in [6.07, 6.45) is 1.27. The molecular weight excluding hydrogens is 216 g/mol.